The molecule has 1 aromatic carbocycles. The molecular weight excluding hydrogens is 288 g/mol. The van der Waals surface area contributed by atoms with E-state index < -0.39 is 0 Å². The van der Waals surface area contributed by atoms with Crippen LogP contribution in [0.25, 0.3) is 11.3 Å². The van der Waals surface area contributed by atoms with Gasteiger partial charge in [0.2, 0.25) is 0 Å². The Morgan fingerprint density at radius 3 is 2.70 bits per heavy atom. The quantitative estimate of drug-likeness (QED) is 0.770. The summed E-state index contributed by atoms with van der Waals surface area (Å²) < 4.78 is 6.87. The van der Waals surface area contributed by atoms with E-state index in [0.29, 0.717) is 18.7 Å². The van der Waals surface area contributed by atoms with Crippen molar-refractivity contribution >= 4 is 0 Å². The summed E-state index contributed by atoms with van der Waals surface area (Å²) in [6, 6.07) is 12.0. The predicted octanol–water partition coefficient (Wildman–Crippen LogP) is 3.23. The highest BCUT2D eigenvalue weighted by atomic mass is 16.5. The molecule has 4 nitrogen and oxygen atoms in total. The highest BCUT2D eigenvalue weighted by molar-refractivity contribution is 5.65. The molecule has 0 fully saturated rings. The average Bonchev–Trinajstić information content (AvgIpc) is 2.54. The van der Waals surface area contributed by atoms with E-state index in [1.165, 1.54) is 0 Å². The zero-order valence-electron chi connectivity index (χ0n) is 13.9. The van der Waals surface area contributed by atoms with Gasteiger partial charge >= 0.3 is 0 Å². The normalized spacial score (nSPS) is 10.5. The largest absolute Gasteiger partial charge is 0.385 e. The van der Waals surface area contributed by atoms with Crippen LogP contribution in [0.4, 0.5) is 0 Å². The van der Waals surface area contributed by atoms with Gasteiger partial charge in [0.1, 0.15) is 0 Å². The topological polar surface area (TPSA) is 55.0 Å². The fraction of sp³-hybridized carbons (Fsp3) is 0.368. The first-order valence-corrected chi connectivity index (χ1v) is 7.74. The lowest BCUT2D eigenvalue weighted by atomic mass is 10.0. The van der Waals surface area contributed by atoms with E-state index in [2.05, 4.69) is 24.3 Å². The van der Waals surface area contributed by atoms with E-state index in [0.717, 1.165) is 28.8 Å². The molecule has 23 heavy (non-hydrogen) atoms. The molecule has 1 heterocycles. The van der Waals surface area contributed by atoms with Gasteiger partial charge in [-0.2, -0.15) is 5.26 Å². The van der Waals surface area contributed by atoms with Crippen LogP contribution in [0.15, 0.2) is 35.1 Å². The Morgan fingerprint density at radius 2 is 2.00 bits per heavy atom. The van der Waals surface area contributed by atoms with Crippen LogP contribution in [0.3, 0.4) is 0 Å². The third-order valence-corrected chi connectivity index (χ3v) is 3.92. The molecule has 1 aromatic heterocycles. The zero-order chi connectivity index (χ0) is 16.8. The summed E-state index contributed by atoms with van der Waals surface area (Å²) in [5.41, 5.74) is 4.70. The average molecular weight is 310 g/mol. The molecule has 2 rings (SSSR count). The Morgan fingerprint density at radius 1 is 1.22 bits per heavy atom. The van der Waals surface area contributed by atoms with Crippen molar-refractivity contribution in [3.8, 4) is 17.3 Å². The van der Waals surface area contributed by atoms with Crippen molar-refractivity contribution in [3.63, 3.8) is 0 Å². The van der Waals surface area contributed by atoms with Crippen LogP contribution < -0.4 is 5.56 Å². The van der Waals surface area contributed by atoms with E-state index in [1.54, 1.807) is 17.7 Å². The highest BCUT2D eigenvalue weighted by Gasteiger charge is 2.12. The number of hydrogen-bond acceptors (Lipinski definition) is 3. The second-order valence-electron chi connectivity index (χ2n) is 5.70. The molecule has 0 aliphatic carbocycles. The molecule has 0 N–H and O–H groups in total. The van der Waals surface area contributed by atoms with Crippen molar-refractivity contribution in [2.24, 2.45) is 0 Å². The van der Waals surface area contributed by atoms with Gasteiger partial charge in [0.25, 0.3) is 5.56 Å². The van der Waals surface area contributed by atoms with Gasteiger partial charge in [0.15, 0.2) is 0 Å². The van der Waals surface area contributed by atoms with Gasteiger partial charge in [-0.3, -0.25) is 4.79 Å². The summed E-state index contributed by atoms with van der Waals surface area (Å²) >= 11 is 0. The Hall–Kier alpha value is -2.38. The molecule has 0 amide bonds. The summed E-state index contributed by atoms with van der Waals surface area (Å²) in [4.78, 5) is 12.7. The van der Waals surface area contributed by atoms with E-state index in [1.807, 2.05) is 19.9 Å². The Labute approximate surface area is 137 Å². The van der Waals surface area contributed by atoms with Crippen molar-refractivity contribution in [3.05, 3.63) is 57.4 Å². The van der Waals surface area contributed by atoms with E-state index in [9.17, 15) is 4.79 Å². The van der Waals surface area contributed by atoms with Crippen molar-refractivity contribution < 1.29 is 4.74 Å². The number of aryl methyl sites for hydroxylation is 2. The second kappa shape index (κ2) is 7.75. The number of benzene rings is 1. The molecule has 0 bridgehead atoms. The summed E-state index contributed by atoms with van der Waals surface area (Å²) in [6.07, 6.45) is 0.889. The molecule has 120 valence electrons. The highest BCUT2D eigenvalue weighted by Crippen LogP contribution is 2.24. The van der Waals surface area contributed by atoms with Gasteiger partial charge in [-0.15, -0.1) is 0 Å². The molecule has 0 radical (unpaired) electrons. The van der Waals surface area contributed by atoms with Gasteiger partial charge < -0.3 is 9.30 Å². The maximum Gasteiger partial charge on any atom is 0.255 e. The van der Waals surface area contributed by atoms with Crippen molar-refractivity contribution in [2.75, 3.05) is 13.7 Å². The number of ether oxygens (including phenoxy) is 1. The molecule has 4 heteroatoms. The lowest BCUT2D eigenvalue weighted by Gasteiger charge is -2.16. The standard InChI is InChI=1S/C19H22N2O2/c1-14-5-6-15(2)17(13-14)18-8-7-16(9-10-20)19(22)21(18)11-4-12-23-3/h5-8,13H,4,9,11-12H2,1-3H3. The smallest absolute Gasteiger partial charge is 0.255 e. The number of rotatable bonds is 6. The Bertz CT molecular complexity index is 785. The molecule has 0 atom stereocenters. The van der Waals surface area contributed by atoms with Crippen LogP contribution in [0.5, 0.6) is 0 Å². The lowest BCUT2D eigenvalue weighted by Crippen LogP contribution is -2.25. The number of nitrogens with zero attached hydrogens (tertiary/aromatic N) is 2. The van der Waals surface area contributed by atoms with Gasteiger partial charge in [-0.1, -0.05) is 23.8 Å². The van der Waals surface area contributed by atoms with Crippen LogP contribution in [0, 0.1) is 25.2 Å². The minimum absolute atomic E-state index is 0.0824. The first-order chi connectivity index (χ1) is 11.1. The number of aromatic nitrogens is 1. The van der Waals surface area contributed by atoms with E-state index >= 15 is 0 Å². The molecule has 0 saturated heterocycles. The number of pyridine rings is 1. The maximum absolute atomic E-state index is 12.7. The molecule has 0 spiro atoms. The van der Waals surface area contributed by atoms with Gasteiger partial charge in [0.05, 0.1) is 18.2 Å². The molecule has 0 aliphatic rings. The minimum atomic E-state index is -0.0824. The lowest BCUT2D eigenvalue weighted by molar-refractivity contribution is 0.190. The zero-order valence-corrected chi connectivity index (χ0v) is 13.9. The Kier molecular flexibility index (Phi) is 5.72. The predicted molar refractivity (Wildman–Crippen MR) is 91.4 cm³/mol. The molecule has 0 aliphatic heterocycles. The Balaban J connectivity index is 2.58. The summed E-state index contributed by atoms with van der Waals surface area (Å²) in [5.74, 6) is 0. The van der Waals surface area contributed by atoms with Crippen LogP contribution in [0.2, 0.25) is 0 Å². The van der Waals surface area contributed by atoms with Crippen LogP contribution in [-0.4, -0.2) is 18.3 Å². The van der Waals surface area contributed by atoms with E-state index in [4.69, 9.17) is 10.00 Å². The van der Waals surface area contributed by atoms with Crippen LogP contribution in [-0.2, 0) is 17.7 Å². The number of methoxy groups -OCH3 is 1. The van der Waals surface area contributed by atoms with Gasteiger partial charge in [-0.05, 0) is 38.0 Å². The van der Waals surface area contributed by atoms with Crippen molar-refractivity contribution in [1.82, 2.24) is 4.57 Å². The first kappa shape index (κ1) is 17.0. The fourth-order valence-electron chi connectivity index (χ4n) is 2.68. The third kappa shape index (κ3) is 3.88. The number of hydrogen-bond donors (Lipinski definition) is 0. The van der Waals surface area contributed by atoms with Crippen LogP contribution in [0.1, 0.15) is 23.1 Å². The fourth-order valence-corrected chi connectivity index (χ4v) is 2.68. The van der Waals surface area contributed by atoms with Crippen LogP contribution >= 0.6 is 0 Å². The molecule has 2 aromatic rings. The van der Waals surface area contributed by atoms with Gasteiger partial charge in [0, 0.05) is 31.4 Å². The SMILES string of the molecule is COCCCn1c(-c2cc(C)ccc2C)ccc(CC#N)c1=O. The monoisotopic (exact) mass is 310 g/mol. The number of nitriles is 1. The van der Waals surface area contributed by atoms with Crippen molar-refractivity contribution in [1.29, 1.82) is 5.26 Å². The third-order valence-electron chi connectivity index (χ3n) is 3.92. The summed E-state index contributed by atoms with van der Waals surface area (Å²) in [7, 11) is 1.65. The van der Waals surface area contributed by atoms with Crippen molar-refractivity contribution in [2.45, 2.75) is 33.2 Å². The summed E-state index contributed by atoms with van der Waals surface area (Å²) in [5, 5.41) is 8.90. The minimum Gasteiger partial charge on any atom is -0.385 e. The molecule has 0 saturated carbocycles. The molecular formula is C19H22N2O2. The molecule has 0 unspecified atom stereocenters. The van der Waals surface area contributed by atoms with Gasteiger partial charge in [-0.25, -0.2) is 0 Å². The maximum atomic E-state index is 12.7. The first-order valence-electron chi connectivity index (χ1n) is 7.74. The second-order valence-corrected chi connectivity index (χ2v) is 5.70. The summed E-state index contributed by atoms with van der Waals surface area (Å²) in [6.45, 7) is 5.26. The van der Waals surface area contributed by atoms with E-state index in [-0.39, 0.29) is 12.0 Å².